The third-order valence-corrected chi connectivity index (χ3v) is 2.28. The first-order chi connectivity index (χ1) is 6.15. The number of rotatable bonds is 3. The molecule has 0 aromatic heterocycles. The molecule has 1 aromatic carbocycles. The SMILES string of the molecule is CCc1cccc(Cl)c1CC(=O)O. The van der Waals surface area contributed by atoms with Gasteiger partial charge < -0.3 is 5.11 Å². The molecule has 0 radical (unpaired) electrons. The van der Waals surface area contributed by atoms with Gasteiger partial charge in [0.2, 0.25) is 0 Å². The third-order valence-electron chi connectivity index (χ3n) is 1.92. The highest BCUT2D eigenvalue weighted by molar-refractivity contribution is 6.31. The van der Waals surface area contributed by atoms with Crippen molar-refractivity contribution in [1.82, 2.24) is 0 Å². The van der Waals surface area contributed by atoms with Crippen LogP contribution in [0, 0.1) is 0 Å². The quantitative estimate of drug-likeness (QED) is 0.811. The number of aliphatic carboxylic acids is 1. The number of benzene rings is 1. The van der Waals surface area contributed by atoms with E-state index in [1.165, 1.54) is 0 Å². The highest BCUT2D eigenvalue weighted by atomic mass is 35.5. The van der Waals surface area contributed by atoms with Crippen LogP contribution in [0.25, 0.3) is 0 Å². The van der Waals surface area contributed by atoms with E-state index in [0.29, 0.717) is 5.02 Å². The number of carboxylic acid groups (broad SMARTS) is 1. The first kappa shape index (κ1) is 10.1. The van der Waals surface area contributed by atoms with Crippen molar-refractivity contribution in [2.24, 2.45) is 0 Å². The lowest BCUT2D eigenvalue weighted by molar-refractivity contribution is -0.136. The van der Waals surface area contributed by atoms with Gasteiger partial charge in [-0.3, -0.25) is 4.79 Å². The zero-order valence-electron chi connectivity index (χ0n) is 7.38. The summed E-state index contributed by atoms with van der Waals surface area (Å²) in [5.41, 5.74) is 1.74. The number of carboxylic acids is 1. The van der Waals surface area contributed by atoms with E-state index in [-0.39, 0.29) is 6.42 Å². The molecule has 1 rings (SSSR count). The maximum atomic E-state index is 10.5. The van der Waals surface area contributed by atoms with Crippen LogP contribution in [-0.4, -0.2) is 11.1 Å². The van der Waals surface area contributed by atoms with Crippen molar-refractivity contribution in [2.45, 2.75) is 19.8 Å². The summed E-state index contributed by atoms with van der Waals surface area (Å²) in [7, 11) is 0. The van der Waals surface area contributed by atoms with Gasteiger partial charge in [0.1, 0.15) is 0 Å². The zero-order chi connectivity index (χ0) is 9.84. The van der Waals surface area contributed by atoms with E-state index in [0.717, 1.165) is 17.5 Å². The summed E-state index contributed by atoms with van der Waals surface area (Å²) in [6.45, 7) is 1.98. The fourth-order valence-electron chi connectivity index (χ4n) is 1.28. The van der Waals surface area contributed by atoms with Crippen molar-refractivity contribution in [1.29, 1.82) is 0 Å². The van der Waals surface area contributed by atoms with Gasteiger partial charge in [0.05, 0.1) is 6.42 Å². The number of halogens is 1. The van der Waals surface area contributed by atoms with Crippen molar-refractivity contribution < 1.29 is 9.90 Å². The Bertz CT molecular complexity index is 321. The average molecular weight is 199 g/mol. The minimum atomic E-state index is -0.845. The summed E-state index contributed by atoms with van der Waals surface area (Å²) in [5.74, 6) is -0.845. The minimum absolute atomic E-state index is 0.00282. The summed E-state index contributed by atoms with van der Waals surface area (Å²) >= 11 is 5.89. The van der Waals surface area contributed by atoms with Gasteiger partial charge in [0.15, 0.2) is 0 Å². The van der Waals surface area contributed by atoms with Crippen molar-refractivity contribution in [3.8, 4) is 0 Å². The molecule has 0 aliphatic heterocycles. The van der Waals surface area contributed by atoms with Gasteiger partial charge in [-0.15, -0.1) is 0 Å². The summed E-state index contributed by atoms with van der Waals surface area (Å²) in [5, 5.41) is 9.20. The molecule has 13 heavy (non-hydrogen) atoms. The monoisotopic (exact) mass is 198 g/mol. The van der Waals surface area contributed by atoms with Crippen LogP contribution < -0.4 is 0 Å². The van der Waals surface area contributed by atoms with Crippen LogP contribution >= 0.6 is 11.6 Å². The van der Waals surface area contributed by atoms with Crippen LogP contribution in [-0.2, 0) is 17.6 Å². The highest BCUT2D eigenvalue weighted by Crippen LogP contribution is 2.20. The van der Waals surface area contributed by atoms with E-state index in [9.17, 15) is 4.79 Å². The Hall–Kier alpha value is -1.02. The van der Waals surface area contributed by atoms with Crippen LogP contribution in [0.1, 0.15) is 18.1 Å². The summed E-state index contributed by atoms with van der Waals surface area (Å²) < 4.78 is 0. The molecule has 0 heterocycles. The van der Waals surface area contributed by atoms with E-state index >= 15 is 0 Å². The Morgan fingerprint density at radius 2 is 2.23 bits per heavy atom. The van der Waals surface area contributed by atoms with Gasteiger partial charge in [-0.1, -0.05) is 30.7 Å². The van der Waals surface area contributed by atoms with Gasteiger partial charge in [0.25, 0.3) is 0 Å². The van der Waals surface area contributed by atoms with Crippen LogP contribution in [0.4, 0.5) is 0 Å². The van der Waals surface area contributed by atoms with E-state index < -0.39 is 5.97 Å². The summed E-state index contributed by atoms with van der Waals surface area (Å²) in [6, 6.07) is 5.47. The Labute approximate surface area is 82.2 Å². The molecule has 0 amide bonds. The lowest BCUT2D eigenvalue weighted by Gasteiger charge is -2.06. The molecular weight excluding hydrogens is 188 g/mol. The van der Waals surface area contributed by atoms with E-state index in [2.05, 4.69) is 0 Å². The van der Waals surface area contributed by atoms with E-state index in [1.807, 2.05) is 19.1 Å². The van der Waals surface area contributed by atoms with Gasteiger partial charge in [-0.25, -0.2) is 0 Å². The number of carbonyl (C=O) groups is 1. The first-order valence-electron chi connectivity index (χ1n) is 4.13. The molecule has 0 aliphatic carbocycles. The fourth-order valence-corrected chi connectivity index (χ4v) is 1.54. The molecule has 0 fully saturated rings. The molecule has 1 aromatic rings. The average Bonchev–Trinajstić information content (AvgIpc) is 2.08. The van der Waals surface area contributed by atoms with Gasteiger partial charge in [-0.2, -0.15) is 0 Å². The Kier molecular flexibility index (Phi) is 3.32. The molecule has 0 atom stereocenters. The van der Waals surface area contributed by atoms with Gasteiger partial charge >= 0.3 is 5.97 Å². The maximum Gasteiger partial charge on any atom is 0.307 e. The zero-order valence-corrected chi connectivity index (χ0v) is 8.14. The van der Waals surface area contributed by atoms with Crippen LogP contribution in [0.2, 0.25) is 5.02 Å². The molecular formula is C10H11ClO2. The smallest absolute Gasteiger partial charge is 0.307 e. The standard InChI is InChI=1S/C10H11ClO2/c1-2-7-4-3-5-9(11)8(7)6-10(12)13/h3-5H,2,6H2,1H3,(H,12,13). The molecule has 2 nitrogen and oxygen atoms in total. The van der Waals surface area contributed by atoms with Crippen molar-refractivity contribution in [3.63, 3.8) is 0 Å². The Balaban J connectivity index is 3.07. The molecule has 0 unspecified atom stereocenters. The highest BCUT2D eigenvalue weighted by Gasteiger charge is 2.08. The number of aryl methyl sites for hydroxylation is 1. The molecule has 0 saturated heterocycles. The van der Waals surface area contributed by atoms with E-state index in [1.54, 1.807) is 6.07 Å². The van der Waals surface area contributed by atoms with Crippen molar-refractivity contribution >= 4 is 17.6 Å². The minimum Gasteiger partial charge on any atom is -0.481 e. The molecule has 0 bridgehead atoms. The predicted octanol–water partition coefficient (Wildman–Crippen LogP) is 2.53. The molecule has 1 N–H and O–H groups in total. The topological polar surface area (TPSA) is 37.3 Å². The molecule has 3 heteroatoms. The predicted molar refractivity (Wildman–Crippen MR) is 52.2 cm³/mol. The van der Waals surface area contributed by atoms with Crippen LogP contribution in [0.15, 0.2) is 18.2 Å². The first-order valence-corrected chi connectivity index (χ1v) is 4.51. The van der Waals surface area contributed by atoms with Gasteiger partial charge in [0, 0.05) is 5.02 Å². The largest absolute Gasteiger partial charge is 0.481 e. The van der Waals surface area contributed by atoms with Gasteiger partial charge in [-0.05, 0) is 23.6 Å². The molecule has 0 aliphatic rings. The lowest BCUT2D eigenvalue weighted by Crippen LogP contribution is -2.03. The lowest BCUT2D eigenvalue weighted by atomic mass is 10.0. The summed E-state index contributed by atoms with van der Waals surface area (Å²) in [6.07, 6.45) is 0.812. The maximum absolute atomic E-state index is 10.5. The van der Waals surface area contributed by atoms with Crippen LogP contribution in [0.3, 0.4) is 0 Å². The molecule has 0 saturated carbocycles. The number of hydrogen-bond donors (Lipinski definition) is 1. The fraction of sp³-hybridized carbons (Fsp3) is 0.300. The Morgan fingerprint density at radius 3 is 2.77 bits per heavy atom. The third kappa shape index (κ3) is 2.46. The van der Waals surface area contributed by atoms with Crippen molar-refractivity contribution in [3.05, 3.63) is 34.3 Å². The second-order valence-electron chi connectivity index (χ2n) is 2.80. The normalized spacial score (nSPS) is 10.0. The van der Waals surface area contributed by atoms with E-state index in [4.69, 9.17) is 16.7 Å². The van der Waals surface area contributed by atoms with Crippen LogP contribution in [0.5, 0.6) is 0 Å². The number of hydrogen-bond acceptors (Lipinski definition) is 1. The Morgan fingerprint density at radius 1 is 1.54 bits per heavy atom. The molecule has 70 valence electrons. The summed E-state index contributed by atoms with van der Waals surface area (Å²) in [4.78, 5) is 10.5. The second kappa shape index (κ2) is 4.28. The van der Waals surface area contributed by atoms with Crippen molar-refractivity contribution in [2.75, 3.05) is 0 Å². The molecule has 0 spiro atoms. The second-order valence-corrected chi connectivity index (χ2v) is 3.21.